The average molecular weight is 408 g/mol. The molecule has 2 aromatic carbocycles. The van der Waals surface area contributed by atoms with Gasteiger partial charge in [0.1, 0.15) is 5.69 Å². The summed E-state index contributed by atoms with van der Waals surface area (Å²) in [5.74, 6) is -1.23. The number of esters is 1. The number of anilines is 1. The van der Waals surface area contributed by atoms with Crippen LogP contribution >= 0.6 is 0 Å². The number of benzene rings is 2. The zero-order valence-electron chi connectivity index (χ0n) is 15.8. The summed E-state index contributed by atoms with van der Waals surface area (Å²) >= 11 is 0. The molecule has 1 aromatic heterocycles. The largest absolute Gasteiger partial charge is 0.451 e. The van der Waals surface area contributed by atoms with Crippen molar-refractivity contribution in [1.29, 1.82) is 0 Å². The number of nitrogens with one attached hydrogen (secondary N) is 1. The van der Waals surface area contributed by atoms with E-state index in [9.17, 15) is 19.7 Å². The van der Waals surface area contributed by atoms with Crippen molar-refractivity contribution in [1.82, 2.24) is 20.2 Å². The highest BCUT2D eigenvalue weighted by Crippen LogP contribution is 2.23. The summed E-state index contributed by atoms with van der Waals surface area (Å²) < 4.78 is 6.27. The second-order valence-corrected chi connectivity index (χ2v) is 5.98. The molecule has 11 heteroatoms. The minimum absolute atomic E-state index is 0.0000733. The van der Waals surface area contributed by atoms with E-state index in [0.717, 1.165) is 0 Å². The van der Waals surface area contributed by atoms with E-state index >= 15 is 0 Å². The predicted molar refractivity (Wildman–Crippen MR) is 106 cm³/mol. The standard InChI is InChI=1S/C19H16N6O5/c1-13-21-22-23-24(13)17(11-14-7-3-2-4-8-14)19(27)30-12-18(26)20-15-9-5-6-10-16(15)25(28)29/h2-11H,12H2,1H3,(H,20,26)/b17-11+. The summed E-state index contributed by atoms with van der Waals surface area (Å²) in [7, 11) is 0. The normalized spacial score (nSPS) is 11.0. The highest BCUT2D eigenvalue weighted by atomic mass is 16.6. The van der Waals surface area contributed by atoms with E-state index in [1.807, 2.05) is 6.07 Å². The third kappa shape index (κ3) is 4.90. The number of nitro groups is 1. The van der Waals surface area contributed by atoms with Crippen LogP contribution in [0.4, 0.5) is 11.4 Å². The van der Waals surface area contributed by atoms with Gasteiger partial charge in [-0.3, -0.25) is 14.9 Å². The fourth-order valence-electron chi connectivity index (χ4n) is 2.50. The van der Waals surface area contributed by atoms with E-state index < -0.39 is 23.4 Å². The van der Waals surface area contributed by atoms with Gasteiger partial charge < -0.3 is 10.1 Å². The summed E-state index contributed by atoms with van der Waals surface area (Å²) in [4.78, 5) is 35.2. The number of tetrazole rings is 1. The molecule has 0 atom stereocenters. The van der Waals surface area contributed by atoms with Gasteiger partial charge in [0.15, 0.2) is 18.1 Å². The molecule has 0 radical (unpaired) electrons. The van der Waals surface area contributed by atoms with E-state index in [-0.39, 0.29) is 17.1 Å². The van der Waals surface area contributed by atoms with Crippen molar-refractivity contribution < 1.29 is 19.2 Å². The SMILES string of the molecule is Cc1nnnn1/C(=C/c1ccccc1)C(=O)OCC(=O)Nc1ccccc1[N+](=O)[O-]. The number of ether oxygens (including phenoxy) is 1. The van der Waals surface area contributed by atoms with Crippen LogP contribution in [0.3, 0.4) is 0 Å². The van der Waals surface area contributed by atoms with Crippen molar-refractivity contribution in [2.24, 2.45) is 0 Å². The second kappa shape index (κ2) is 9.19. The van der Waals surface area contributed by atoms with Gasteiger partial charge in [-0.25, -0.2) is 4.79 Å². The van der Waals surface area contributed by atoms with Gasteiger partial charge in [-0.05, 0) is 35.1 Å². The van der Waals surface area contributed by atoms with Crippen molar-refractivity contribution >= 4 is 35.0 Å². The summed E-state index contributed by atoms with van der Waals surface area (Å²) in [6.07, 6.45) is 1.52. The van der Waals surface area contributed by atoms with E-state index in [1.165, 1.54) is 35.0 Å². The molecule has 3 aromatic rings. The number of para-hydroxylation sites is 2. The molecule has 0 spiro atoms. The van der Waals surface area contributed by atoms with Gasteiger partial charge in [0.25, 0.3) is 11.6 Å². The molecule has 0 aliphatic heterocycles. The van der Waals surface area contributed by atoms with Crippen LogP contribution in [0.15, 0.2) is 54.6 Å². The van der Waals surface area contributed by atoms with Gasteiger partial charge in [-0.2, -0.15) is 4.68 Å². The van der Waals surface area contributed by atoms with Crippen LogP contribution in [0.2, 0.25) is 0 Å². The Balaban J connectivity index is 1.74. The first-order chi connectivity index (χ1) is 14.5. The summed E-state index contributed by atoms with van der Waals surface area (Å²) in [5, 5.41) is 24.4. The average Bonchev–Trinajstić information content (AvgIpc) is 3.16. The molecule has 1 N–H and O–H groups in total. The third-order valence-corrected chi connectivity index (χ3v) is 3.87. The number of nitrogens with zero attached hydrogens (tertiary/aromatic N) is 5. The molecular formula is C19H16N6O5. The maximum absolute atomic E-state index is 12.6. The van der Waals surface area contributed by atoms with Crippen molar-refractivity contribution in [2.45, 2.75) is 6.92 Å². The van der Waals surface area contributed by atoms with Crippen LogP contribution in [0, 0.1) is 17.0 Å². The minimum Gasteiger partial charge on any atom is -0.451 e. The van der Waals surface area contributed by atoms with Crippen molar-refractivity contribution in [3.63, 3.8) is 0 Å². The molecule has 0 saturated carbocycles. The molecule has 30 heavy (non-hydrogen) atoms. The van der Waals surface area contributed by atoms with Crippen LogP contribution in [-0.4, -0.2) is 43.6 Å². The Morgan fingerprint density at radius 3 is 2.53 bits per heavy atom. The number of rotatable bonds is 7. The molecule has 0 saturated heterocycles. The molecule has 0 unspecified atom stereocenters. The number of aryl methyl sites for hydroxylation is 1. The van der Waals surface area contributed by atoms with Gasteiger partial charge in [0.2, 0.25) is 0 Å². The molecule has 0 fully saturated rings. The lowest BCUT2D eigenvalue weighted by Crippen LogP contribution is -2.23. The smallest absolute Gasteiger partial charge is 0.357 e. The Morgan fingerprint density at radius 1 is 1.17 bits per heavy atom. The lowest BCUT2D eigenvalue weighted by Gasteiger charge is -2.10. The van der Waals surface area contributed by atoms with Gasteiger partial charge in [-0.1, -0.05) is 42.5 Å². The molecule has 0 aliphatic rings. The van der Waals surface area contributed by atoms with Crippen LogP contribution in [0.5, 0.6) is 0 Å². The fourth-order valence-corrected chi connectivity index (χ4v) is 2.50. The number of hydrogen-bond donors (Lipinski definition) is 1. The molecule has 3 rings (SSSR count). The Hall–Kier alpha value is -4.41. The van der Waals surface area contributed by atoms with E-state index in [1.54, 1.807) is 31.2 Å². The highest BCUT2D eigenvalue weighted by Gasteiger charge is 2.20. The maximum Gasteiger partial charge on any atom is 0.357 e. The van der Waals surface area contributed by atoms with Crippen LogP contribution in [0.25, 0.3) is 11.8 Å². The van der Waals surface area contributed by atoms with E-state index in [0.29, 0.717) is 11.4 Å². The Kier molecular flexibility index (Phi) is 6.23. The summed E-state index contributed by atoms with van der Waals surface area (Å²) in [6, 6.07) is 14.6. The van der Waals surface area contributed by atoms with Gasteiger partial charge in [-0.15, -0.1) is 5.10 Å². The minimum atomic E-state index is -0.841. The second-order valence-electron chi connectivity index (χ2n) is 5.98. The van der Waals surface area contributed by atoms with Crippen LogP contribution in [0.1, 0.15) is 11.4 Å². The van der Waals surface area contributed by atoms with E-state index in [2.05, 4.69) is 20.8 Å². The Morgan fingerprint density at radius 2 is 1.87 bits per heavy atom. The topological polar surface area (TPSA) is 142 Å². The first kappa shape index (κ1) is 20.3. The number of nitro benzene ring substituents is 1. The van der Waals surface area contributed by atoms with Gasteiger partial charge >= 0.3 is 5.97 Å². The number of hydrogen-bond acceptors (Lipinski definition) is 8. The Bertz CT molecular complexity index is 1110. The third-order valence-electron chi connectivity index (χ3n) is 3.87. The summed E-state index contributed by atoms with van der Waals surface area (Å²) in [6.45, 7) is 0.950. The first-order valence-electron chi connectivity index (χ1n) is 8.68. The predicted octanol–water partition coefficient (Wildman–Crippen LogP) is 2.07. The lowest BCUT2D eigenvalue weighted by atomic mass is 10.2. The van der Waals surface area contributed by atoms with Gasteiger partial charge in [0, 0.05) is 6.07 Å². The zero-order valence-corrected chi connectivity index (χ0v) is 15.8. The van der Waals surface area contributed by atoms with Crippen molar-refractivity contribution in [3.05, 3.63) is 76.1 Å². The zero-order chi connectivity index (χ0) is 21.5. The van der Waals surface area contributed by atoms with Gasteiger partial charge in [0.05, 0.1) is 4.92 Å². The number of carbonyl (C=O) groups is 2. The maximum atomic E-state index is 12.6. The van der Waals surface area contributed by atoms with E-state index in [4.69, 9.17) is 4.74 Å². The molecule has 1 amide bonds. The number of aromatic nitrogens is 4. The Labute approximate surface area is 170 Å². The molecule has 11 nitrogen and oxygen atoms in total. The monoisotopic (exact) mass is 408 g/mol. The summed E-state index contributed by atoms with van der Waals surface area (Å²) in [5.41, 5.74) is 0.428. The molecule has 0 aliphatic carbocycles. The van der Waals surface area contributed by atoms with Crippen LogP contribution < -0.4 is 5.32 Å². The highest BCUT2D eigenvalue weighted by molar-refractivity contribution is 6.15. The first-order valence-corrected chi connectivity index (χ1v) is 8.68. The quantitative estimate of drug-likeness (QED) is 0.271. The fraction of sp³-hybridized carbons (Fsp3) is 0.105. The molecular weight excluding hydrogens is 392 g/mol. The molecule has 0 bridgehead atoms. The molecule has 152 valence electrons. The number of carbonyl (C=O) groups excluding carboxylic acids is 2. The number of amides is 1. The van der Waals surface area contributed by atoms with Crippen molar-refractivity contribution in [3.8, 4) is 0 Å². The van der Waals surface area contributed by atoms with Crippen molar-refractivity contribution in [2.75, 3.05) is 11.9 Å². The van der Waals surface area contributed by atoms with Crippen LogP contribution in [-0.2, 0) is 14.3 Å². The lowest BCUT2D eigenvalue weighted by molar-refractivity contribution is -0.383. The molecule has 1 heterocycles.